The van der Waals surface area contributed by atoms with Crippen molar-refractivity contribution in [2.45, 2.75) is 116 Å². The van der Waals surface area contributed by atoms with Crippen molar-refractivity contribution in [2.24, 2.45) is 0 Å². The molecule has 0 aromatic carbocycles. The second-order valence-electron chi connectivity index (χ2n) is 8.16. The molecule has 0 aliphatic carbocycles. The lowest BCUT2D eigenvalue weighted by Crippen LogP contribution is -2.34. The zero-order valence-electron chi connectivity index (χ0n) is 18.1. The van der Waals surface area contributed by atoms with Gasteiger partial charge in [0.1, 0.15) is 0 Å². The van der Waals surface area contributed by atoms with Crippen molar-refractivity contribution in [2.75, 3.05) is 13.1 Å². The Hall–Kier alpha value is -1.05. The molecule has 156 valence electrons. The van der Waals surface area contributed by atoms with Crippen LogP contribution < -0.4 is 0 Å². The Balaban J connectivity index is 1.80. The lowest BCUT2D eigenvalue weighted by molar-refractivity contribution is -0.126. The molecule has 2 nitrogen and oxygen atoms in total. The van der Waals surface area contributed by atoms with Gasteiger partial charge in [0, 0.05) is 13.1 Å². The molecule has 0 spiro atoms. The Morgan fingerprint density at radius 3 is 1.70 bits per heavy atom. The van der Waals surface area contributed by atoms with E-state index in [2.05, 4.69) is 25.2 Å². The maximum absolute atomic E-state index is 12.0. The van der Waals surface area contributed by atoms with Gasteiger partial charge in [-0.2, -0.15) is 0 Å². The predicted octanol–water partition coefficient (Wildman–Crippen LogP) is 7.59. The van der Waals surface area contributed by atoms with Gasteiger partial charge in [-0.05, 0) is 63.9 Å². The third-order valence-electron chi connectivity index (χ3n) is 5.56. The van der Waals surface area contributed by atoms with E-state index in [0.29, 0.717) is 0 Å². The van der Waals surface area contributed by atoms with Crippen molar-refractivity contribution in [1.82, 2.24) is 4.90 Å². The molecule has 0 unspecified atom stereocenters. The number of carbonyl (C=O) groups excluding carboxylic acids is 1. The van der Waals surface area contributed by atoms with Crippen LogP contribution >= 0.6 is 0 Å². The maximum atomic E-state index is 12.0. The largest absolute Gasteiger partial charge is 0.339 e. The summed E-state index contributed by atoms with van der Waals surface area (Å²) in [5.74, 6) is 0.227. The molecule has 0 saturated carbocycles. The Morgan fingerprint density at radius 1 is 0.667 bits per heavy atom. The highest BCUT2D eigenvalue weighted by Crippen LogP contribution is 2.12. The van der Waals surface area contributed by atoms with Crippen LogP contribution in [0.1, 0.15) is 116 Å². The molecule has 2 heteroatoms. The highest BCUT2D eigenvalue weighted by atomic mass is 16.2. The first-order valence-corrected chi connectivity index (χ1v) is 11.9. The number of rotatable bonds is 16. The van der Waals surface area contributed by atoms with Crippen LogP contribution in [-0.2, 0) is 4.79 Å². The SMILES string of the molecule is CCCCC/C=C/CCCCCCCCCC/C=C/C(=O)N1CCCCC1. The molecule has 1 heterocycles. The van der Waals surface area contributed by atoms with Crippen LogP contribution in [0.25, 0.3) is 0 Å². The molecule has 1 amide bonds. The Labute approximate surface area is 169 Å². The molecule has 0 radical (unpaired) electrons. The Bertz CT molecular complexity index is 393. The number of nitrogens with zero attached hydrogens (tertiary/aromatic N) is 1. The molecule has 1 rings (SSSR count). The van der Waals surface area contributed by atoms with Crippen molar-refractivity contribution in [1.29, 1.82) is 0 Å². The van der Waals surface area contributed by atoms with Crippen molar-refractivity contribution in [3.63, 3.8) is 0 Å². The fourth-order valence-corrected chi connectivity index (χ4v) is 3.74. The van der Waals surface area contributed by atoms with Crippen molar-refractivity contribution < 1.29 is 4.79 Å². The van der Waals surface area contributed by atoms with Gasteiger partial charge in [-0.25, -0.2) is 0 Å². The minimum atomic E-state index is 0.227. The predicted molar refractivity (Wildman–Crippen MR) is 119 cm³/mol. The third kappa shape index (κ3) is 14.7. The van der Waals surface area contributed by atoms with Crippen LogP contribution in [0.15, 0.2) is 24.3 Å². The van der Waals surface area contributed by atoms with E-state index in [1.807, 2.05) is 11.0 Å². The van der Waals surface area contributed by atoms with Crippen LogP contribution in [0.3, 0.4) is 0 Å². The zero-order valence-corrected chi connectivity index (χ0v) is 18.1. The van der Waals surface area contributed by atoms with E-state index in [9.17, 15) is 4.79 Å². The number of likely N-dealkylation sites (tertiary alicyclic amines) is 1. The van der Waals surface area contributed by atoms with Gasteiger partial charge in [0.05, 0.1) is 0 Å². The van der Waals surface area contributed by atoms with Gasteiger partial charge >= 0.3 is 0 Å². The smallest absolute Gasteiger partial charge is 0.246 e. The van der Waals surface area contributed by atoms with Crippen molar-refractivity contribution in [3.8, 4) is 0 Å². The van der Waals surface area contributed by atoms with Gasteiger partial charge in [-0.15, -0.1) is 0 Å². The molecule has 27 heavy (non-hydrogen) atoms. The van der Waals surface area contributed by atoms with Crippen molar-refractivity contribution in [3.05, 3.63) is 24.3 Å². The Kier molecular flexibility index (Phi) is 16.3. The monoisotopic (exact) mass is 375 g/mol. The van der Waals surface area contributed by atoms with Crippen LogP contribution in [0.5, 0.6) is 0 Å². The van der Waals surface area contributed by atoms with E-state index in [1.165, 1.54) is 103 Å². The lowest BCUT2D eigenvalue weighted by atomic mass is 10.1. The molecular weight excluding hydrogens is 330 g/mol. The number of piperidine rings is 1. The first-order chi connectivity index (χ1) is 13.3. The molecule has 1 saturated heterocycles. The number of allylic oxidation sites excluding steroid dienone is 3. The second kappa shape index (κ2) is 18.3. The average Bonchev–Trinajstić information content (AvgIpc) is 2.70. The minimum Gasteiger partial charge on any atom is -0.339 e. The van der Waals surface area contributed by atoms with Gasteiger partial charge in [-0.3, -0.25) is 4.79 Å². The quantitative estimate of drug-likeness (QED) is 0.154. The summed E-state index contributed by atoms with van der Waals surface area (Å²) in [6.07, 6.45) is 30.8. The molecule has 0 atom stereocenters. The number of hydrogen-bond donors (Lipinski definition) is 0. The van der Waals surface area contributed by atoms with Gasteiger partial charge in [0.2, 0.25) is 5.91 Å². The summed E-state index contributed by atoms with van der Waals surface area (Å²) >= 11 is 0. The number of amides is 1. The summed E-state index contributed by atoms with van der Waals surface area (Å²) in [6, 6.07) is 0. The lowest BCUT2D eigenvalue weighted by Gasteiger charge is -2.25. The van der Waals surface area contributed by atoms with E-state index in [-0.39, 0.29) is 5.91 Å². The van der Waals surface area contributed by atoms with Crippen LogP contribution in [0.2, 0.25) is 0 Å². The summed E-state index contributed by atoms with van der Waals surface area (Å²) in [6.45, 7) is 4.18. The normalized spacial score (nSPS) is 15.2. The average molecular weight is 376 g/mol. The molecule has 1 aliphatic rings. The second-order valence-corrected chi connectivity index (χ2v) is 8.16. The fraction of sp³-hybridized carbons (Fsp3) is 0.800. The summed E-state index contributed by atoms with van der Waals surface area (Å²) in [5.41, 5.74) is 0. The summed E-state index contributed by atoms with van der Waals surface area (Å²) in [4.78, 5) is 14.0. The topological polar surface area (TPSA) is 20.3 Å². The molecule has 1 fully saturated rings. The highest BCUT2D eigenvalue weighted by Gasteiger charge is 2.13. The summed E-state index contributed by atoms with van der Waals surface area (Å²) in [7, 11) is 0. The maximum Gasteiger partial charge on any atom is 0.246 e. The van der Waals surface area contributed by atoms with E-state index in [1.54, 1.807) is 0 Å². The number of hydrogen-bond acceptors (Lipinski definition) is 1. The molecular formula is C25H45NO. The summed E-state index contributed by atoms with van der Waals surface area (Å²) in [5, 5.41) is 0. The molecule has 1 aliphatic heterocycles. The minimum absolute atomic E-state index is 0.227. The van der Waals surface area contributed by atoms with Crippen molar-refractivity contribution >= 4 is 5.91 Å². The van der Waals surface area contributed by atoms with Crippen LogP contribution in [0, 0.1) is 0 Å². The fourth-order valence-electron chi connectivity index (χ4n) is 3.74. The Morgan fingerprint density at radius 2 is 1.15 bits per heavy atom. The van der Waals surface area contributed by atoms with E-state index >= 15 is 0 Å². The highest BCUT2D eigenvalue weighted by molar-refractivity contribution is 5.87. The molecule has 0 aromatic rings. The van der Waals surface area contributed by atoms with Crippen LogP contribution in [0.4, 0.5) is 0 Å². The number of carbonyl (C=O) groups is 1. The summed E-state index contributed by atoms with van der Waals surface area (Å²) < 4.78 is 0. The van der Waals surface area contributed by atoms with Gasteiger partial charge in [-0.1, -0.05) is 76.5 Å². The van der Waals surface area contributed by atoms with Crippen LogP contribution in [-0.4, -0.2) is 23.9 Å². The third-order valence-corrected chi connectivity index (χ3v) is 5.56. The van der Waals surface area contributed by atoms with E-state index in [4.69, 9.17) is 0 Å². The molecule has 0 N–H and O–H groups in total. The first kappa shape index (κ1) is 24.0. The zero-order chi connectivity index (χ0) is 19.4. The number of unbranched alkanes of at least 4 members (excludes halogenated alkanes) is 12. The molecule has 0 bridgehead atoms. The van der Waals surface area contributed by atoms with Gasteiger partial charge in [0.25, 0.3) is 0 Å². The molecule has 0 aromatic heterocycles. The standard InChI is InChI=1S/C25H45NO/c1-2-3-4-5-6-7-8-9-10-11-12-13-14-15-16-17-19-22-25(27)26-23-20-18-21-24-26/h6-7,19,22H,2-5,8-18,20-21,23-24H2,1H3/b7-6+,22-19+. The van der Waals surface area contributed by atoms with Gasteiger partial charge < -0.3 is 4.90 Å². The van der Waals surface area contributed by atoms with E-state index < -0.39 is 0 Å². The van der Waals surface area contributed by atoms with E-state index in [0.717, 1.165) is 19.5 Å². The first-order valence-electron chi connectivity index (χ1n) is 11.9. The van der Waals surface area contributed by atoms with Gasteiger partial charge in [0.15, 0.2) is 0 Å².